The van der Waals surface area contributed by atoms with E-state index in [0.717, 1.165) is 43.6 Å². The molecule has 7 nitrogen and oxygen atoms in total. The molecular weight excluding hydrogens is 608 g/mol. The number of piperidine rings is 1. The zero-order valence-corrected chi connectivity index (χ0v) is 30.0. The van der Waals surface area contributed by atoms with Crippen LogP contribution in [0.3, 0.4) is 0 Å². The number of nitrogens with zero attached hydrogens (tertiary/aromatic N) is 3. The first-order chi connectivity index (χ1) is 23.0. The molecule has 1 aromatic heterocycles. The monoisotopic (exact) mass is 663 g/mol. The van der Waals surface area contributed by atoms with Gasteiger partial charge in [0.05, 0.1) is 11.8 Å². The Balaban J connectivity index is 0.000000936. The molecule has 0 unspecified atom stereocenters. The second kappa shape index (κ2) is 24.5. The van der Waals surface area contributed by atoms with Gasteiger partial charge in [-0.25, -0.2) is 8.78 Å². The molecule has 1 fully saturated rings. The molecule has 2 heterocycles. The van der Waals surface area contributed by atoms with E-state index >= 15 is 0 Å². The SMILES string of the molecule is C#C.C=C/C=C\C(OC(/C=C\C)=C/C)=C(/C)F.CCC.CCN1CCC(c2cc(/C=C/C(=O)c3cnn(C)c3N)c(NC)cc2F)CC1. The number of aryl methyl sites for hydroxylation is 1. The van der Waals surface area contributed by atoms with Crippen LogP contribution >= 0.6 is 0 Å². The zero-order chi connectivity index (χ0) is 36.6. The van der Waals surface area contributed by atoms with Crippen molar-refractivity contribution in [2.45, 2.75) is 66.7 Å². The van der Waals surface area contributed by atoms with Crippen LogP contribution in [0.1, 0.15) is 88.2 Å². The number of halogens is 2. The van der Waals surface area contributed by atoms with Crippen LogP contribution in [0.5, 0.6) is 0 Å². The van der Waals surface area contributed by atoms with Gasteiger partial charge in [0, 0.05) is 19.8 Å². The predicted molar refractivity (Wildman–Crippen MR) is 200 cm³/mol. The Bertz CT molecular complexity index is 1450. The number of rotatable bonds is 11. The van der Waals surface area contributed by atoms with E-state index in [4.69, 9.17) is 10.5 Å². The third-order valence-corrected chi connectivity index (χ3v) is 7.14. The molecule has 0 amide bonds. The number of likely N-dealkylation sites (tertiary alicyclic amines) is 1. The molecule has 0 aliphatic carbocycles. The Labute approximate surface area is 287 Å². The van der Waals surface area contributed by atoms with Crippen LogP contribution in [0.15, 0.2) is 84.8 Å². The van der Waals surface area contributed by atoms with Crippen molar-refractivity contribution in [2.24, 2.45) is 7.05 Å². The third kappa shape index (κ3) is 14.4. The van der Waals surface area contributed by atoms with Crippen molar-refractivity contribution in [1.29, 1.82) is 0 Å². The molecule has 1 aromatic carbocycles. The van der Waals surface area contributed by atoms with E-state index in [0.29, 0.717) is 22.8 Å². The van der Waals surface area contributed by atoms with Gasteiger partial charge >= 0.3 is 0 Å². The number of terminal acetylenes is 1. The largest absolute Gasteiger partial charge is 0.455 e. The van der Waals surface area contributed by atoms with Crippen molar-refractivity contribution in [3.63, 3.8) is 0 Å². The van der Waals surface area contributed by atoms with E-state index in [1.807, 2.05) is 26.0 Å². The van der Waals surface area contributed by atoms with E-state index in [1.165, 1.54) is 42.4 Å². The Kier molecular flexibility index (Phi) is 22.1. The van der Waals surface area contributed by atoms with Crippen molar-refractivity contribution in [3.8, 4) is 12.8 Å². The summed E-state index contributed by atoms with van der Waals surface area (Å²) in [4.78, 5) is 14.8. The van der Waals surface area contributed by atoms with E-state index in [9.17, 15) is 13.6 Å². The lowest BCUT2D eigenvalue weighted by atomic mass is 9.87. The highest BCUT2D eigenvalue weighted by Crippen LogP contribution is 2.33. The first kappa shape index (κ1) is 43.3. The number of aromatic nitrogens is 2. The van der Waals surface area contributed by atoms with Crippen molar-refractivity contribution in [3.05, 3.63) is 107 Å². The molecule has 9 heteroatoms. The maximum atomic E-state index is 14.7. The summed E-state index contributed by atoms with van der Waals surface area (Å²) in [5.41, 5.74) is 8.39. The van der Waals surface area contributed by atoms with Crippen LogP contribution in [-0.2, 0) is 11.8 Å². The van der Waals surface area contributed by atoms with E-state index < -0.39 is 0 Å². The average Bonchev–Trinajstić information content (AvgIpc) is 3.43. The van der Waals surface area contributed by atoms with Crippen molar-refractivity contribution in [2.75, 3.05) is 37.7 Å². The molecule has 48 heavy (non-hydrogen) atoms. The standard InChI is InChI=1S/C21H28FN5O.C13H17FO.C3H8.C2H2/c1-4-27-9-7-14(8-10-27)16-11-15(19(24-2)12-18(16)22)5-6-20(28)17-13-25-26(3)21(17)23;1-5-8-10-13(11(4)14)15-12(7-3)9-6-2;1-3-2;1-2/h5-6,11-14,24H,4,7-10,23H2,1-3H3;5-10H,1H2,2-4H3;3H2,1-2H3;1-2H/b6-5+;9-6-,10-8-,12-7+,13-11-;;. The number of hydrogen-bond acceptors (Lipinski definition) is 6. The van der Waals surface area contributed by atoms with Crippen LogP contribution < -0.4 is 11.1 Å². The number of benzene rings is 1. The molecule has 0 radical (unpaired) electrons. The molecule has 1 aliphatic heterocycles. The Morgan fingerprint density at radius 2 is 1.79 bits per heavy atom. The molecule has 0 bridgehead atoms. The Hall–Kier alpha value is -4.68. The highest BCUT2D eigenvalue weighted by molar-refractivity contribution is 6.09. The molecule has 262 valence electrons. The normalized spacial score (nSPS) is 14.3. The van der Waals surface area contributed by atoms with E-state index in [-0.39, 0.29) is 29.1 Å². The minimum atomic E-state index is -0.364. The number of ether oxygens (including phenoxy) is 1. The molecule has 2 aromatic rings. The van der Waals surface area contributed by atoms with E-state index in [1.54, 1.807) is 44.5 Å². The number of nitrogens with one attached hydrogen (secondary N) is 1. The van der Waals surface area contributed by atoms with Crippen LogP contribution in [0.2, 0.25) is 0 Å². The van der Waals surface area contributed by atoms with Crippen molar-refractivity contribution >= 4 is 23.4 Å². The lowest BCUT2D eigenvalue weighted by molar-refractivity contribution is 0.104. The van der Waals surface area contributed by atoms with Crippen molar-refractivity contribution < 1.29 is 18.3 Å². The van der Waals surface area contributed by atoms with Gasteiger partial charge in [0.15, 0.2) is 11.5 Å². The number of nitrogen functional groups attached to an aromatic ring is 1. The number of allylic oxidation sites excluding steroid dienone is 8. The number of ketones is 1. The topological polar surface area (TPSA) is 85.4 Å². The number of carbonyl (C=O) groups is 1. The van der Waals surface area contributed by atoms with Crippen molar-refractivity contribution in [1.82, 2.24) is 14.7 Å². The fraction of sp³-hybridized carbons (Fsp3) is 0.385. The highest BCUT2D eigenvalue weighted by atomic mass is 19.1. The lowest BCUT2D eigenvalue weighted by Crippen LogP contribution is -2.32. The predicted octanol–water partition coefficient (Wildman–Crippen LogP) is 9.37. The molecule has 0 atom stereocenters. The van der Waals surface area contributed by atoms with Crippen LogP contribution in [0.25, 0.3) is 6.08 Å². The van der Waals surface area contributed by atoms with Crippen LogP contribution in [0.4, 0.5) is 20.3 Å². The maximum absolute atomic E-state index is 14.7. The van der Waals surface area contributed by atoms with Gasteiger partial charge in [-0.1, -0.05) is 52.0 Å². The van der Waals surface area contributed by atoms with Gasteiger partial charge in [-0.3, -0.25) is 9.48 Å². The Morgan fingerprint density at radius 3 is 2.25 bits per heavy atom. The summed E-state index contributed by atoms with van der Waals surface area (Å²) in [7, 11) is 3.43. The molecule has 3 N–H and O–H groups in total. The summed E-state index contributed by atoms with van der Waals surface area (Å²) in [6, 6.07) is 3.38. The molecule has 1 saturated heterocycles. The summed E-state index contributed by atoms with van der Waals surface area (Å²) in [5.74, 6) is 0.543. The van der Waals surface area contributed by atoms with Crippen LogP contribution in [-0.4, -0.2) is 47.1 Å². The number of anilines is 2. The van der Waals surface area contributed by atoms with Gasteiger partial charge in [0.25, 0.3) is 0 Å². The first-order valence-electron chi connectivity index (χ1n) is 16.2. The molecule has 0 saturated carbocycles. The van der Waals surface area contributed by atoms with Gasteiger partial charge in [0.1, 0.15) is 23.2 Å². The lowest BCUT2D eigenvalue weighted by Gasteiger charge is -2.31. The Morgan fingerprint density at radius 1 is 1.17 bits per heavy atom. The zero-order valence-electron chi connectivity index (χ0n) is 30.0. The van der Waals surface area contributed by atoms with Crippen LogP contribution in [0, 0.1) is 18.7 Å². The number of carbonyl (C=O) groups excluding carboxylic acids is 1. The number of nitrogens with two attached hydrogens (primary N) is 1. The second-order valence-electron chi connectivity index (χ2n) is 10.7. The minimum Gasteiger partial charge on any atom is -0.455 e. The molecule has 3 rings (SSSR count). The van der Waals surface area contributed by atoms with Gasteiger partial charge in [-0.15, -0.1) is 12.8 Å². The maximum Gasteiger partial charge on any atom is 0.191 e. The first-order valence-corrected chi connectivity index (χ1v) is 16.2. The van der Waals surface area contributed by atoms with Gasteiger partial charge < -0.3 is 20.7 Å². The third-order valence-electron chi connectivity index (χ3n) is 7.14. The average molecular weight is 664 g/mol. The molecule has 0 spiro atoms. The number of hydrogen-bond donors (Lipinski definition) is 2. The van der Waals surface area contributed by atoms with Gasteiger partial charge in [0.2, 0.25) is 0 Å². The molecular formula is C39H55F2N5O2. The van der Waals surface area contributed by atoms with Gasteiger partial charge in [-0.2, -0.15) is 5.10 Å². The highest BCUT2D eigenvalue weighted by Gasteiger charge is 2.23. The smallest absolute Gasteiger partial charge is 0.191 e. The summed E-state index contributed by atoms with van der Waals surface area (Å²) >= 11 is 0. The minimum absolute atomic E-state index is 0.195. The summed E-state index contributed by atoms with van der Waals surface area (Å²) in [6.45, 7) is 18.0. The second-order valence-corrected chi connectivity index (χ2v) is 10.7. The summed E-state index contributed by atoms with van der Waals surface area (Å²) in [6.07, 6.45) is 25.9. The molecule has 1 aliphatic rings. The summed E-state index contributed by atoms with van der Waals surface area (Å²) in [5, 5.41) is 7.01. The fourth-order valence-electron chi connectivity index (χ4n) is 4.58. The summed E-state index contributed by atoms with van der Waals surface area (Å²) < 4.78 is 34.6. The fourth-order valence-corrected chi connectivity index (χ4v) is 4.58. The van der Waals surface area contributed by atoms with Gasteiger partial charge in [-0.05, 0) is 113 Å². The van der Waals surface area contributed by atoms with E-state index in [2.05, 4.69) is 55.5 Å². The quantitative estimate of drug-likeness (QED) is 0.0820.